The Labute approximate surface area is 155 Å². The van der Waals surface area contributed by atoms with Crippen molar-refractivity contribution in [3.05, 3.63) is 66.2 Å². The zero-order valence-corrected chi connectivity index (χ0v) is 15.0. The number of anilines is 1. The summed E-state index contributed by atoms with van der Waals surface area (Å²) in [7, 11) is 0. The normalized spacial score (nSPS) is 11.9. The SMILES string of the molecule is CCC(Sc1ccc2ccccc2n1)C(=O)Nc1ccc(C(=O)O)cc1. The topological polar surface area (TPSA) is 79.3 Å². The van der Waals surface area contributed by atoms with Crippen molar-refractivity contribution in [1.29, 1.82) is 0 Å². The fourth-order valence-electron chi connectivity index (χ4n) is 2.50. The summed E-state index contributed by atoms with van der Waals surface area (Å²) in [6.07, 6.45) is 0.651. The quantitative estimate of drug-likeness (QED) is 0.631. The number of rotatable bonds is 6. The van der Waals surface area contributed by atoms with Gasteiger partial charge in [0.25, 0.3) is 0 Å². The molecule has 0 bridgehead atoms. The summed E-state index contributed by atoms with van der Waals surface area (Å²) in [5.41, 5.74) is 1.66. The highest BCUT2D eigenvalue weighted by atomic mass is 32.2. The van der Waals surface area contributed by atoms with Crippen LogP contribution in [0.5, 0.6) is 0 Å². The number of pyridine rings is 1. The van der Waals surface area contributed by atoms with Crippen LogP contribution in [0, 0.1) is 0 Å². The third-order valence-electron chi connectivity index (χ3n) is 3.90. The number of aromatic carboxylic acids is 1. The van der Waals surface area contributed by atoms with Crippen molar-refractivity contribution in [2.24, 2.45) is 0 Å². The summed E-state index contributed by atoms with van der Waals surface area (Å²) in [6, 6.07) is 17.9. The van der Waals surface area contributed by atoms with Gasteiger partial charge in [0.2, 0.25) is 5.91 Å². The summed E-state index contributed by atoms with van der Waals surface area (Å²) < 4.78 is 0. The van der Waals surface area contributed by atoms with E-state index in [-0.39, 0.29) is 16.7 Å². The highest BCUT2D eigenvalue weighted by Gasteiger charge is 2.19. The van der Waals surface area contributed by atoms with E-state index < -0.39 is 5.97 Å². The molecular formula is C20H18N2O3S. The number of carboxylic acid groups (broad SMARTS) is 1. The van der Waals surface area contributed by atoms with Crippen LogP contribution in [0.2, 0.25) is 0 Å². The number of fused-ring (bicyclic) bond motifs is 1. The molecule has 0 aliphatic heterocycles. The van der Waals surface area contributed by atoms with Crippen LogP contribution < -0.4 is 5.32 Å². The molecule has 1 amide bonds. The molecule has 0 radical (unpaired) electrons. The minimum atomic E-state index is -0.993. The lowest BCUT2D eigenvalue weighted by atomic mass is 10.2. The first kappa shape index (κ1) is 17.9. The average Bonchev–Trinajstić information content (AvgIpc) is 2.66. The number of thioether (sulfide) groups is 1. The molecular weight excluding hydrogens is 348 g/mol. The Morgan fingerprint density at radius 1 is 1.08 bits per heavy atom. The summed E-state index contributed by atoms with van der Waals surface area (Å²) >= 11 is 1.42. The van der Waals surface area contributed by atoms with Crippen LogP contribution in [0.3, 0.4) is 0 Å². The van der Waals surface area contributed by atoms with E-state index in [0.29, 0.717) is 12.1 Å². The third kappa shape index (κ3) is 4.21. The Hall–Kier alpha value is -2.86. The predicted molar refractivity (Wildman–Crippen MR) is 104 cm³/mol. The van der Waals surface area contributed by atoms with E-state index >= 15 is 0 Å². The monoisotopic (exact) mass is 366 g/mol. The van der Waals surface area contributed by atoms with E-state index in [4.69, 9.17) is 5.11 Å². The van der Waals surface area contributed by atoms with Gasteiger partial charge >= 0.3 is 5.97 Å². The van der Waals surface area contributed by atoms with E-state index in [1.165, 1.54) is 23.9 Å². The zero-order chi connectivity index (χ0) is 18.5. The van der Waals surface area contributed by atoms with Gasteiger partial charge in [0, 0.05) is 11.1 Å². The summed E-state index contributed by atoms with van der Waals surface area (Å²) in [6.45, 7) is 1.95. The molecule has 1 heterocycles. The van der Waals surface area contributed by atoms with E-state index in [1.807, 2.05) is 43.3 Å². The van der Waals surface area contributed by atoms with Gasteiger partial charge in [-0.1, -0.05) is 43.0 Å². The molecule has 0 spiro atoms. The predicted octanol–water partition coefficient (Wildman–Crippen LogP) is 4.44. The molecule has 132 valence electrons. The van der Waals surface area contributed by atoms with E-state index in [9.17, 15) is 9.59 Å². The number of hydrogen-bond donors (Lipinski definition) is 2. The van der Waals surface area contributed by atoms with E-state index in [1.54, 1.807) is 12.1 Å². The number of amides is 1. The Bertz CT molecular complexity index is 941. The number of nitrogens with zero attached hydrogens (tertiary/aromatic N) is 1. The Morgan fingerprint density at radius 3 is 2.50 bits per heavy atom. The maximum absolute atomic E-state index is 12.6. The second-order valence-electron chi connectivity index (χ2n) is 5.73. The highest BCUT2D eigenvalue weighted by Crippen LogP contribution is 2.27. The summed E-state index contributed by atoms with van der Waals surface area (Å²) in [4.78, 5) is 28.0. The standard InChI is InChI=1S/C20H18N2O3S/c1-2-17(19(23)21-15-10-7-14(8-11-15)20(24)25)26-18-12-9-13-5-3-4-6-16(13)22-18/h3-12,17H,2H2,1H3,(H,21,23)(H,24,25). The van der Waals surface area contributed by atoms with Crippen molar-refractivity contribution in [3.8, 4) is 0 Å². The van der Waals surface area contributed by atoms with Crippen LogP contribution >= 0.6 is 11.8 Å². The van der Waals surface area contributed by atoms with E-state index in [0.717, 1.165) is 15.9 Å². The highest BCUT2D eigenvalue weighted by molar-refractivity contribution is 8.00. The molecule has 1 unspecified atom stereocenters. The lowest BCUT2D eigenvalue weighted by Gasteiger charge is -2.14. The zero-order valence-electron chi connectivity index (χ0n) is 14.2. The molecule has 0 fully saturated rings. The molecule has 6 heteroatoms. The molecule has 0 aliphatic carbocycles. The molecule has 2 aromatic carbocycles. The number of benzene rings is 2. The lowest BCUT2D eigenvalue weighted by Crippen LogP contribution is -2.24. The molecule has 0 saturated heterocycles. The van der Waals surface area contributed by atoms with Gasteiger partial charge in [-0.25, -0.2) is 9.78 Å². The minimum Gasteiger partial charge on any atom is -0.478 e. The molecule has 0 aliphatic rings. The maximum atomic E-state index is 12.6. The second-order valence-corrected chi connectivity index (χ2v) is 6.95. The Balaban J connectivity index is 1.70. The Morgan fingerprint density at radius 2 is 1.81 bits per heavy atom. The van der Waals surface area contributed by atoms with E-state index in [2.05, 4.69) is 10.3 Å². The minimum absolute atomic E-state index is 0.129. The maximum Gasteiger partial charge on any atom is 0.335 e. The average molecular weight is 366 g/mol. The fourth-order valence-corrected chi connectivity index (χ4v) is 3.42. The van der Waals surface area contributed by atoms with Crippen molar-refractivity contribution < 1.29 is 14.7 Å². The fraction of sp³-hybridized carbons (Fsp3) is 0.150. The number of carbonyl (C=O) groups is 2. The molecule has 1 aromatic heterocycles. The van der Waals surface area contributed by atoms with Crippen LogP contribution in [0.25, 0.3) is 10.9 Å². The number of aromatic nitrogens is 1. The van der Waals surface area contributed by atoms with Gasteiger partial charge in [-0.3, -0.25) is 4.79 Å². The molecule has 2 N–H and O–H groups in total. The number of hydrogen-bond acceptors (Lipinski definition) is 4. The molecule has 1 atom stereocenters. The van der Waals surface area contributed by atoms with Gasteiger partial charge in [0.1, 0.15) is 0 Å². The van der Waals surface area contributed by atoms with Crippen molar-refractivity contribution in [3.63, 3.8) is 0 Å². The number of carbonyl (C=O) groups excluding carboxylic acids is 1. The summed E-state index contributed by atoms with van der Waals surface area (Å²) in [5.74, 6) is -1.12. The summed E-state index contributed by atoms with van der Waals surface area (Å²) in [5, 5.41) is 13.3. The van der Waals surface area contributed by atoms with Gasteiger partial charge in [-0.05, 0) is 42.8 Å². The van der Waals surface area contributed by atoms with Crippen molar-refractivity contribution >= 4 is 40.2 Å². The van der Waals surface area contributed by atoms with Crippen LogP contribution in [-0.2, 0) is 4.79 Å². The van der Waals surface area contributed by atoms with Gasteiger partial charge in [0.05, 0.1) is 21.4 Å². The molecule has 0 saturated carbocycles. The second kappa shape index (κ2) is 8.01. The largest absolute Gasteiger partial charge is 0.478 e. The molecule has 5 nitrogen and oxygen atoms in total. The first-order chi connectivity index (χ1) is 12.6. The third-order valence-corrected chi connectivity index (χ3v) is 5.20. The van der Waals surface area contributed by atoms with Crippen molar-refractivity contribution in [1.82, 2.24) is 4.98 Å². The Kier molecular flexibility index (Phi) is 5.53. The number of carboxylic acids is 1. The molecule has 26 heavy (non-hydrogen) atoms. The smallest absolute Gasteiger partial charge is 0.335 e. The van der Waals surface area contributed by atoms with Crippen LogP contribution in [0.4, 0.5) is 5.69 Å². The first-order valence-corrected chi connectivity index (χ1v) is 9.11. The van der Waals surface area contributed by atoms with Gasteiger partial charge < -0.3 is 10.4 Å². The van der Waals surface area contributed by atoms with Crippen molar-refractivity contribution in [2.75, 3.05) is 5.32 Å². The van der Waals surface area contributed by atoms with Crippen LogP contribution in [0.15, 0.2) is 65.7 Å². The van der Waals surface area contributed by atoms with Gasteiger partial charge in [-0.2, -0.15) is 0 Å². The van der Waals surface area contributed by atoms with Crippen LogP contribution in [0.1, 0.15) is 23.7 Å². The molecule has 3 aromatic rings. The lowest BCUT2D eigenvalue weighted by molar-refractivity contribution is -0.115. The van der Waals surface area contributed by atoms with Crippen LogP contribution in [-0.4, -0.2) is 27.2 Å². The van der Waals surface area contributed by atoms with Crippen molar-refractivity contribution in [2.45, 2.75) is 23.6 Å². The van der Waals surface area contributed by atoms with Gasteiger partial charge in [-0.15, -0.1) is 0 Å². The van der Waals surface area contributed by atoms with Gasteiger partial charge in [0.15, 0.2) is 0 Å². The number of nitrogens with one attached hydrogen (secondary N) is 1. The first-order valence-electron chi connectivity index (χ1n) is 8.23. The molecule has 3 rings (SSSR count). The number of para-hydroxylation sites is 1.